The van der Waals surface area contributed by atoms with Crippen LogP contribution in [0, 0.1) is 6.92 Å². The molecule has 3 rings (SSSR count). The van der Waals surface area contributed by atoms with Crippen molar-refractivity contribution < 1.29 is 19.1 Å². The van der Waals surface area contributed by atoms with Crippen molar-refractivity contribution >= 4 is 29.1 Å². The number of hydrogen-bond acceptors (Lipinski definition) is 4. The average molecular weight is 367 g/mol. The number of carbonyl (C=O) groups is 3. The molecule has 0 saturated carbocycles. The third-order valence-corrected chi connectivity index (χ3v) is 4.28. The second-order valence-corrected chi connectivity index (χ2v) is 6.40. The molecule has 7 heteroatoms. The number of aryl methyl sites for hydroxylation is 1. The SMILES string of the molecule is Cc1ccc(C(N)=O)c(OCC(=O)Nc2cccc(N3CCCC3=O)c2)c1. The molecule has 1 aliphatic heterocycles. The molecule has 0 bridgehead atoms. The minimum atomic E-state index is -0.617. The summed E-state index contributed by atoms with van der Waals surface area (Å²) >= 11 is 0. The molecule has 0 aliphatic carbocycles. The van der Waals surface area contributed by atoms with E-state index >= 15 is 0 Å². The Hall–Kier alpha value is -3.35. The Morgan fingerprint density at radius 3 is 2.74 bits per heavy atom. The Morgan fingerprint density at radius 2 is 2.04 bits per heavy atom. The number of benzene rings is 2. The first kappa shape index (κ1) is 18.4. The maximum atomic E-state index is 12.2. The van der Waals surface area contributed by atoms with E-state index in [9.17, 15) is 14.4 Å². The topological polar surface area (TPSA) is 102 Å². The van der Waals surface area contributed by atoms with Gasteiger partial charge in [0.25, 0.3) is 11.8 Å². The molecule has 1 aliphatic rings. The molecule has 3 N–H and O–H groups in total. The lowest BCUT2D eigenvalue weighted by molar-refractivity contribution is -0.118. The lowest BCUT2D eigenvalue weighted by Crippen LogP contribution is -2.24. The van der Waals surface area contributed by atoms with Crippen LogP contribution < -0.4 is 20.7 Å². The zero-order chi connectivity index (χ0) is 19.4. The number of carbonyl (C=O) groups excluding carboxylic acids is 3. The van der Waals surface area contributed by atoms with Crippen molar-refractivity contribution in [2.45, 2.75) is 19.8 Å². The van der Waals surface area contributed by atoms with Crippen LogP contribution in [-0.4, -0.2) is 30.9 Å². The molecule has 3 amide bonds. The Labute approximate surface area is 157 Å². The van der Waals surface area contributed by atoms with E-state index < -0.39 is 5.91 Å². The summed E-state index contributed by atoms with van der Waals surface area (Å²) in [5.41, 5.74) is 7.77. The fraction of sp³-hybridized carbons (Fsp3) is 0.250. The van der Waals surface area contributed by atoms with Crippen LogP contribution in [0.15, 0.2) is 42.5 Å². The van der Waals surface area contributed by atoms with Gasteiger partial charge in [0.2, 0.25) is 5.91 Å². The van der Waals surface area contributed by atoms with Gasteiger partial charge in [0.1, 0.15) is 5.75 Å². The van der Waals surface area contributed by atoms with E-state index in [2.05, 4.69) is 5.32 Å². The zero-order valence-corrected chi connectivity index (χ0v) is 15.0. The molecule has 27 heavy (non-hydrogen) atoms. The van der Waals surface area contributed by atoms with Crippen molar-refractivity contribution in [2.75, 3.05) is 23.4 Å². The van der Waals surface area contributed by atoms with Crippen molar-refractivity contribution in [1.29, 1.82) is 0 Å². The predicted octanol–water partition coefficient (Wildman–Crippen LogP) is 2.24. The molecular formula is C20H21N3O4. The van der Waals surface area contributed by atoms with Crippen LogP contribution in [0.5, 0.6) is 5.75 Å². The monoisotopic (exact) mass is 367 g/mol. The minimum absolute atomic E-state index is 0.0836. The molecule has 140 valence electrons. The summed E-state index contributed by atoms with van der Waals surface area (Å²) in [5, 5.41) is 2.74. The Kier molecular flexibility index (Phi) is 5.40. The Balaban J connectivity index is 1.64. The molecule has 7 nitrogen and oxygen atoms in total. The first-order valence-electron chi connectivity index (χ1n) is 8.67. The van der Waals surface area contributed by atoms with E-state index in [4.69, 9.17) is 10.5 Å². The predicted molar refractivity (Wildman–Crippen MR) is 102 cm³/mol. The van der Waals surface area contributed by atoms with Gasteiger partial charge in [-0.15, -0.1) is 0 Å². The molecule has 0 atom stereocenters. The zero-order valence-electron chi connectivity index (χ0n) is 15.0. The number of ether oxygens (including phenoxy) is 1. The third kappa shape index (κ3) is 4.44. The summed E-state index contributed by atoms with van der Waals surface area (Å²) in [6.45, 7) is 2.27. The highest BCUT2D eigenvalue weighted by Crippen LogP contribution is 2.24. The quantitative estimate of drug-likeness (QED) is 0.817. The largest absolute Gasteiger partial charge is 0.483 e. The fourth-order valence-corrected chi connectivity index (χ4v) is 2.97. The highest BCUT2D eigenvalue weighted by Gasteiger charge is 2.21. The number of nitrogens with one attached hydrogen (secondary N) is 1. The van der Waals surface area contributed by atoms with Gasteiger partial charge in [0, 0.05) is 24.3 Å². The fourth-order valence-electron chi connectivity index (χ4n) is 2.97. The number of nitrogens with zero attached hydrogens (tertiary/aromatic N) is 1. The van der Waals surface area contributed by atoms with Crippen molar-refractivity contribution in [3.8, 4) is 5.75 Å². The smallest absolute Gasteiger partial charge is 0.262 e. The normalized spacial score (nSPS) is 13.5. The lowest BCUT2D eigenvalue weighted by Gasteiger charge is -2.17. The first-order valence-corrected chi connectivity index (χ1v) is 8.67. The number of rotatable bonds is 6. The van der Waals surface area contributed by atoms with Crippen molar-refractivity contribution in [2.24, 2.45) is 5.73 Å². The van der Waals surface area contributed by atoms with Gasteiger partial charge in [0.15, 0.2) is 6.61 Å². The van der Waals surface area contributed by atoms with Crippen molar-refractivity contribution in [1.82, 2.24) is 0 Å². The second-order valence-electron chi connectivity index (χ2n) is 6.40. The summed E-state index contributed by atoms with van der Waals surface area (Å²) in [7, 11) is 0. The highest BCUT2D eigenvalue weighted by atomic mass is 16.5. The van der Waals surface area contributed by atoms with Gasteiger partial charge in [-0.2, -0.15) is 0 Å². The van der Waals surface area contributed by atoms with Gasteiger partial charge < -0.3 is 20.7 Å². The van der Waals surface area contributed by atoms with E-state index in [1.807, 2.05) is 13.0 Å². The van der Waals surface area contributed by atoms with E-state index in [-0.39, 0.29) is 29.7 Å². The van der Waals surface area contributed by atoms with Crippen LogP contribution in [0.1, 0.15) is 28.8 Å². The van der Waals surface area contributed by atoms with Crippen LogP contribution >= 0.6 is 0 Å². The standard InChI is InChI=1S/C20H21N3O4/c1-13-7-8-16(20(21)26)17(10-13)27-12-18(24)22-14-4-2-5-15(11-14)23-9-3-6-19(23)25/h2,4-5,7-8,10-11H,3,6,9,12H2,1H3,(H2,21,26)(H,22,24). The summed E-state index contributed by atoms with van der Waals surface area (Å²) in [4.78, 5) is 37.3. The average Bonchev–Trinajstić information content (AvgIpc) is 3.06. The number of primary amides is 1. The minimum Gasteiger partial charge on any atom is -0.483 e. The van der Waals surface area contributed by atoms with Crippen LogP contribution in [0.3, 0.4) is 0 Å². The maximum Gasteiger partial charge on any atom is 0.262 e. The Morgan fingerprint density at radius 1 is 1.22 bits per heavy atom. The van der Waals surface area contributed by atoms with Crippen molar-refractivity contribution in [3.05, 3.63) is 53.6 Å². The van der Waals surface area contributed by atoms with Gasteiger partial charge in [-0.3, -0.25) is 14.4 Å². The summed E-state index contributed by atoms with van der Waals surface area (Å²) < 4.78 is 5.48. The summed E-state index contributed by atoms with van der Waals surface area (Å²) in [6, 6.07) is 12.1. The molecule has 1 heterocycles. The molecule has 1 saturated heterocycles. The van der Waals surface area contributed by atoms with Crippen molar-refractivity contribution in [3.63, 3.8) is 0 Å². The van der Waals surface area contributed by atoms with Gasteiger partial charge >= 0.3 is 0 Å². The van der Waals surface area contributed by atoms with E-state index in [0.717, 1.165) is 17.7 Å². The van der Waals surface area contributed by atoms with E-state index in [0.29, 0.717) is 18.7 Å². The third-order valence-electron chi connectivity index (χ3n) is 4.28. The molecule has 2 aromatic rings. The van der Waals surface area contributed by atoms with Crippen LogP contribution in [0.4, 0.5) is 11.4 Å². The van der Waals surface area contributed by atoms with E-state index in [1.54, 1.807) is 41.3 Å². The molecule has 0 radical (unpaired) electrons. The highest BCUT2D eigenvalue weighted by molar-refractivity contribution is 5.98. The van der Waals surface area contributed by atoms with Crippen LogP contribution in [-0.2, 0) is 9.59 Å². The number of hydrogen-bond donors (Lipinski definition) is 2. The van der Waals surface area contributed by atoms with E-state index in [1.165, 1.54) is 0 Å². The van der Waals surface area contributed by atoms with Crippen LogP contribution in [0.2, 0.25) is 0 Å². The molecule has 0 aromatic heterocycles. The lowest BCUT2D eigenvalue weighted by atomic mass is 10.1. The number of nitrogens with two attached hydrogens (primary N) is 1. The van der Waals surface area contributed by atoms with Gasteiger partial charge in [-0.1, -0.05) is 12.1 Å². The van der Waals surface area contributed by atoms with Crippen LogP contribution in [0.25, 0.3) is 0 Å². The molecule has 2 aromatic carbocycles. The molecule has 1 fully saturated rings. The first-order chi connectivity index (χ1) is 12.9. The van der Waals surface area contributed by atoms with Gasteiger partial charge in [0.05, 0.1) is 5.56 Å². The molecular weight excluding hydrogens is 346 g/mol. The Bertz CT molecular complexity index is 895. The summed E-state index contributed by atoms with van der Waals surface area (Å²) in [5.74, 6) is -0.639. The number of amides is 3. The molecule has 0 unspecified atom stereocenters. The van der Waals surface area contributed by atoms with Gasteiger partial charge in [-0.25, -0.2) is 0 Å². The summed E-state index contributed by atoms with van der Waals surface area (Å²) in [6.07, 6.45) is 1.38. The number of anilines is 2. The maximum absolute atomic E-state index is 12.2. The second kappa shape index (κ2) is 7.90. The van der Waals surface area contributed by atoms with Gasteiger partial charge in [-0.05, 0) is 49.2 Å². The molecule has 0 spiro atoms.